The van der Waals surface area contributed by atoms with Gasteiger partial charge in [0.2, 0.25) is 0 Å². The van der Waals surface area contributed by atoms with Crippen LogP contribution in [0.2, 0.25) is 0 Å². The van der Waals surface area contributed by atoms with Crippen LogP contribution in [0.1, 0.15) is 31.1 Å². The minimum Gasteiger partial charge on any atom is -0.435 e. The van der Waals surface area contributed by atoms with E-state index >= 15 is 0 Å². The van der Waals surface area contributed by atoms with Crippen molar-refractivity contribution in [1.29, 1.82) is 0 Å². The number of hydrogen-bond acceptors (Lipinski definition) is 5. The Morgan fingerprint density at radius 2 is 2.04 bits per heavy atom. The van der Waals surface area contributed by atoms with Crippen LogP contribution in [-0.2, 0) is 6.42 Å². The maximum Gasteiger partial charge on any atom is 0.387 e. The number of aromatic nitrogens is 3. The van der Waals surface area contributed by atoms with Gasteiger partial charge in [-0.2, -0.15) is 8.78 Å². The summed E-state index contributed by atoms with van der Waals surface area (Å²) in [5, 5.41) is 3.20. The van der Waals surface area contributed by atoms with Crippen LogP contribution in [0.4, 0.5) is 14.6 Å². The Morgan fingerprint density at radius 1 is 1.21 bits per heavy atom. The van der Waals surface area contributed by atoms with Crippen molar-refractivity contribution in [2.24, 2.45) is 0 Å². The number of benzene rings is 1. The predicted octanol–water partition coefficient (Wildman–Crippen LogP) is 4.17. The molecule has 0 aliphatic heterocycles. The molecule has 8 heteroatoms. The van der Waals surface area contributed by atoms with Crippen LogP contribution in [0.5, 0.6) is 5.75 Å². The summed E-state index contributed by atoms with van der Waals surface area (Å²) in [6.07, 6.45) is 2.28. The van der Waals surface area contributed by atoms with Gasteiger partial charge in [0, 0.05) is 23.5 Å². The lowest BCUT2D eigenvalue weighted by Gasteiger charge is -2.16. The van der Waals surface area contributed by atoms with Gasteiger partial charge in [0.15, 0.2) is 0 Å². The average molecular weight is 386 g/mol. The van der Waals surface area contributed by atoms with Crippen LogP contribution < -0.4 is 15.6 Å². The average Bonchev–Trinajstić information content (AvgIpc) is 2.67. The Morgan fingerprint density at radius 3 is 2.71 bits per heavy atom. The lowest BCUT2D eigenvalue weighted by atomic mass is 10.1. The minimum atomic E-state index is -2.86. The summed E-state index contributed by atoms with van der Waals surface area (Å²) in [5.41, 5.74) is 1.98. The third-order valence-electron chi connectivity index (χ3n) is 4.14. The second-order valence-corrected chi connectivity index (χ2v) is 6.19. The molecule has 3 rings (SSSR count). The Bertz CT molecular complexity index is 990. The molecule has 2 aromatic heterocycles. The first-order valence-electron chi connectivity index (χ1n) is 8.82. The van der Waals surface area contributed by atoms with Crippen molar-refractivity contribution < 1.29 is 13.5 Å². The van der Waals surface area contributed by atoms with Crippen molar-refractivity contribution in [3.8, 4) is 17.1 Å². The number of aromatic amines is 1. The molecule has 0 saturated carbocycles. The van der Waals surface area contributed by atoms with Crippen molar-refractivity contribution in [3.63, 3.8) is 0 Å². The molecule has 6 nitrogen and oxygen atoms in total. The first kappa shape index (κ1) is 19.5. The van der Waals surface area contributed by atoms with E-state index in [0.29, 0.717) is 29.3 Å². The standard InChI is InChI=1S/C20H20F2N4O2/c1-3-15-10-18(27)26-19(25-15)14-7-8-17(23-11-14)24-12(2)13-5-4-6-16(9-13)28-20(21)22/h4-12,20H,3H2,1-2H3,(H,23,24)(H,25,26,27)/t12-/m0/s1. The second kappa shape index (κ2) is 8.60. The molecule has 0 saturated heterocycles. The lowest BCUT2D eigenvalue weighted by Crippen LogP contribution is -2.11. The first-order chi connectivity index (χ1) is 13.4. The Kier molecular flexibility index (Phi) is 5.98. The maximum atomic E-state index is 12.4. The van der Waals surface area contributed by atoms with Crippen molar-refractivity contribution in [2.45, 2.75) is 32.9 Å². The van der Waals surface area contributed by atoms with E-state index in [1.165, 1.54) is 12.1 Å². The zero-order chi connectivity index (χ0) is 20.1. The molecule has 0 spiro atoms. The van der Waals surface area contributed by atoms with E-state index in [1.54, 1.807) is 30.5 Å². The number of ether oxygens (including phenoxy) is 1. The number of pyridine rings is 1. The van der Waals surface area contributed by atoms with Gasteiger partial charge in [0.25, 0.3) is 5.56 Å². The Labute approximate surface area is 160 Å². The van der Waals surface area contributed by atoms with E-state index < -0.39 is 6.61 Å². The highest BCUT2D eigenvalue weighted by Crippen LogP contribution is 2.24. The first-order valence-corrected chi connectivity index (χ1v) is 8.82. The van der Waals surface area contributed by atoms with E-state index in [9.17, 15) is 13.6 Å². The number of nitrogens with zero attached hydrogens (tertiary/aromatic N) is 2. The summed E-state index contributed by atoms with van der Waals surface area (Å²) in [7, 11) is 0. The zero-order valence-corrected chi connectivity index (χ0v) is 15.4. The SMILES string of the molecule is CCc1cc(=O)[nH]c(-c2ccc(N[C@@H](C)c3cccc(OC(F)F)c3)nc2)n1. The smallest absolute Gasteiger partial charge is 0.387 e. The molecule has 28 heavy (non-hydrogen) atoms. The van der Waals surface area contributed by atoms with Crippen LogP contribution in [-0.4, -0.2) is 21.6 Å². The molecular weight excluding hydrogens is 366 g/mol. The Balaban J connectivity index is 1.74. The van der Waals surface area contributed by atoms with Crippen LogP contribution >= 0.6 is 0 Å². The zero-order valence-electron chi connectivity index (χ0n) is 15.4. The fraction of sp³-hybridized carbons (Fsp3) is 0.250. The van der Waals surface area contributed by atoms with E-state index in [0.717, 1.165) is 5.56 Å². The molecule has 146 valence electrons. The van der Waals surface area contributed by atoms with Gasteiger partial charge < -0.3 is 15.0 Å². The molecule has 0 unspecified atom stereocenters. The highest BCUT2D eigenvalue weighted by molar-refractivity contribution is 5.56. The van der Waals surface area contributed by atoms with Crippen molar-refractivity contribution in [2.75, 3.05) is 5.32 Å². The number of nitrogens with one attached hydrogen (secondary N) is 2. The van der Waals surface area contributed by atoms with Crippen LogP contribution in [0.3, 0.4) is 0 Å². The number of halogens is 2. The van der Waals surface area contributed by atoms with Gasteiger partial charge in [-0.1, -0.05) is 19.1 Å². The summed E-state index contributed by atoms with van der Waals surface area (Å²) in [5.74, 6) is 1.18. The molecule has 2 N–H and O–H groups in total. The third kappa shape index (κ3) is 4.91. The monoisotopic (exact) mass is 386 g/mol. The van der Waals surface area contributed by atoms with Gasteiger partial charge >= 0.3 is 6.61 Å². The third-order valence-corrected chi connectivity index (χ3v) is 4.14. The van der Waals surface area contributed by atoms with Gasteiger partial charge in [-0.15, -0.1) is 0 Å². The molecule has 0 radical (unpaired) electrons. The van der Waals surface area contributed by atoms with E-state index in [4.69, 9.17) is 0 Å². The normalized spacial score (nSPS) is 12.0. The molecule has 0 amide bonds. The van der Waals surface area contributed by atoms with E-state index in [1.807, 2.05) is 19.9 Å². The second-order valence-electron chi connectivity index (χ2n) is 6.19. The van der Waals surface area contributed by atoms with Crippen LogP contribution in [0, 0.1) is 0 Å². The minimum absolute atomic E-state index is 0.107. The van der Waals surface area contributed by atoms with Gasteiger partial charge in [0.05, 0.1) is 6.04 Å². The van der Waals surface area contributed by atoms with Gasteiger partial charge in [-0.3, -0.25) is 4.79 Å². The molecule has 0 aliphatic carbocycles. The summed E-state index contributed by atoms with van der Waals surface area (Å²) in [4.78, 5) is 23.2. The predicted molar refractivity (Wildman–Crippen MR) is 103 cm³/mol. The number of hydrogen-bond donors (Lipinski definition) is 2. The molecular formula is C20H20F2N4O2. The summed E-state index contributed by atoms with van der Waals surface area (Å²) >= 11 is 0. The number of alkyl halides is 2. The number of aryl methyl sites for hydroxylation is 1. The topological polar surface area (TPSA) is 79.9 Å². The molecule has 1 aromatic carbocycles. The molecule has 0 fully saturated rings. The Hall–Kier alpha value is -3.29. The van der Waals surface area contributed by atoms with Gasteiger partial charge in [-0.25, -0.2) is 9.97 Å². The number of H-pyrrole nitrogens is 1. The van der Waals surface area contributed by atoms with E-state index in [-0.39, 0.29) is 17.4 Å². The van der Waals surface area contributed by atoms with Crippen molar-refractivity contribution in [3.05, 3.63) is 70.3 Å². The number of anilines is 1. The summed E-state index contributed by atoms with van der Waals surface area (Å²) < 4.78 is 29.2. The molecule has 1 atom stereocenters. The van der Waals surface area contributed by atoms with E-state index in [2.05, 4.69) is 25.0 Å². The summed E-state index contributed by atoms with van der Waals surface area (Å²) in [6.45, 7) is 0.958. The quantitative estimate of drug-likeness (QED) is 0.637. The van der Waals surface area contributed by atoms with Crippen molar-refractivity contribution in [1.82, 2.24) is 15.0 Å². The van der Waals surface area contributed by atoms with Gasteiger partial charge in [-0.05, 0) is 43.2 Å². The summed E-state index contributed by atoms with van der Waals surface area (Å²) in [6, 6.07) is 11.4. The van der Waals surface area contributed by atoms with Gasteiger partial charge in [0.1, 0.15) is 17.4 Å². The van der Waals surface area contributed by atoms with Crippen LogP contribution in [0.25, 0.3) is 11.4 Å². The lowest BCUT2D eigenvalue weighted by molar-refractivity contribution is -0.0498. The highest BCUT2D eigenvalue weighted by Gasteiger charge is 2.10. The van der Waals surface area contributed by atoms with Crippen LogP contribution in [0.15, 0.2) is 53.5 Å². The highest BCUT2D eigenvalue weighted by atomic mass is 19.3. The fourth-order valence-corrected chi connectivity index (χ4v) is 2.71. The molecule has 3 aromatic rings. The molecule has 2 heterocycles. The maximum absolute atomic E-state index is 12.4. The number of rotatable bonds is 7. The largest absolute Gasteiger partial charge is 0.435 e. The molecule has 0 aliphatic rings. The fourth-order valence-electron chi connectivity index (χ4n) is 2.71. The van der Waals surface area contributed by atoms with Crippen molar-refractivity contribution >= 4 is 5.82 Å². The molecule has 0 bridgehead atoms.